The molecule has 2 aromatic rings. The van der Waals surface area contributed by atoms with Crippen LogP contribution in [0.2, 0.25) is 0 Å². The number of thioether (sulfide) groups is 1. The summed E-state index contributed by atoms with van der Waals surface area (Å²) in [6, 6.07) is 3.81. The molecule has 1 saturated carbocycles. The van der Waals surface area contributed by atoms with Crippen molar-refractivity contribution >= 4 is 17.7 Å². The molecule has 1 N–H and O–H groups in total. The molecule has 0 spiro atoms. The molecule has 1 aliphatic carbocycles. The Morgan fingerprint density at radius 2 is 2.20 bits per heavy atom. The number of carbonyl (C=O) groups excluding carboxylic acids is 1. The van der Waals surface area contributed by atoms with E-state index < -0.39 is 0 Å². The second-order valence-corrected chi connectivity index (χ2v) is 7.75. The average Bonchev–Trinajstić information content (AvgIpc) is 3.33. The number of H-pyrrole nitrogens is 1. The van der Waals surface area contributed by atoms with Crippen LogP contribution < -0.4 is 0 Å². The summed E-state index contributed by atoms with van der Waals surface area (Å²) in [6.45, 7) is 2.38. The Morgan fingerprint density at radius 1 is 1.40 bits per heavy atom. The van der Waals surface area contributed by atoms with Gasteiger partial charge in [0.2, 0.25) is 11.1 Å². The number of furan rings is 1. The molecule has 2 aromatic heterocycles. The first-order valence-electron chi connectivity index (χ1n) is 8.93. The Morgan fingerprint density at radius 3 is 2.92 bits per heavy atom. The number of nitrogens with one attached hydrogen (secondary N) is 1. The quantitative estimate of drug-likeness (QED) is 0.727. The van der Waals surface area contributed by atoms with Crippen LogP contribution in [0.4, 0.5) is 0 Å². The molecule has 1 aliphatic rings. The number of nitrogens with zero attached hydrogens (tertiary/aromatic N) is 3. The molecule has 2 heterocycles. The summed E-state index contributed by atoms with van der Waals surface area (Å²) >= 11 is 1.38. The maximum atomic E-state index is 12.2. The summed E-state index contributed by atoms with van der Waals surface area (Å²) in [5.41, 5.74) is 0. The van der Waals surface area contributed by atoms with Crippen LogP contribution in [0, 0.1) is 12.8 Å². The third-order valence-corrected chi connectivity index (χ3v) is 5.55. The van der Waals surface area contributed by atoms with Crippen LogP contribution in [0.15, 0.2) is 21.7 Å². The Labute approximate surface area is 152 Å². The van der Waals surface area contributed by atoms with E-state index in [0.29, 0.717) is 17.5 Å². The molecule has 0 aliphatic heterocycles. The van der Waals surface area contributed by atoms with Gasteiger partial charge < -0.3 is 9.32 Å². The van der Waals surface area contributed by atoms with Crippen molar-refractivity contribution in [3.05, 3.63) is 29.5 Å². The Hall–Kier alpha value is -1.76. The minimum atomic E-state index is 0.0383. The first-order chi connectivity index (χ1) is 12.1. The fourth-order valence-electron chi connectivity index (χ4n) is 3.22. The van der Waals surface area contributed by atoms with Crippen LogP contribution in [0.1, 0.15) is 49.4 Å². The number of amides is 1. The Kier molecular flexibility index (Phi) is 6.18. The lowest BCUT2D eigenvalue weighted by molar-refractivity contribution is -0.127. The summed E-state index contributed by atoms with van der Waals surface area (Å²) in [6.07, 6.45) is 7.58. The Balaban J connectivity index is 1.40. The van der Waals surface area contributed by atoms with Crippen molar-refractivity contribution in [1.29, 1.82) is 0 Å². The minimum Gasteiger partial charge on any atom is -0.464 e. The fourth-order valence-corrected chi connectivity index (χ4v) is 3.98. The lowest BCUT2D eigenvalue weighted by atomic mass is 10.0. The largest absolute Gasteiger partial charge is 0.464 e. The Bertz CT molecular complexity index is 691. The lowest BCUT2D eigenvalue weighted by Gasteiger charge is -2.14. The van der Waals surface area contributed by atoms with Gasteiger partial charge in [0.15, 0.2) is 0 Å². The van der Waals surface area contributed by atoms with Crippen molar-refractivity contribution in [3.8, 4) is 0 Å². The van der Waals surface area contributed by atoms with Crippen LogP contribution in [-0.4, -0.2) is 38.8 Å². The zero-order valence-corrected chi connectivity index (χ0v) is 15.8. The molecule has 0 radical (unpaired) electrons. The molecule has 0 bridgehead atoms. The van der Waals surface area contributed by atoms with E-state index in [1.54, 1.807) is 11.9 Å². The van der Waals surface area contributed by atoms with E-state index in [1.165, 1.54) is 43.9 Å². The molecule has 136 valence electrons. The second kappa shape index (κ2) is 8.56. The molecule has 3 rings (SSSR count). The van der Waals surface area contributed by atoms with Crippen molar-refractivity contribution in [2.24, 2.45) is 5.92 Å². The topological polar surface area (TPSA) is 75.0 Å². The maximum absolute atomic E-state index is 12.2. The van der Waals surface area contributed by atoms with Crippen molar-refractivity contribution in [2.75, 3.05) is 12.8 Å². The molecule has 1 fully saturated rings. The number of aromatic nitrogens is 3. The first kappa shape index (κ1) is 18.0. The SMILES string of the molecule is Cc1ccc(CN(C)C(=O)CSc2n[nH]c(CCC3CCCC3)n2)o1. The van der Waals surface area contributed by atoms with Gasteiger partial charge in [-0.15, -0.1) is 5.10 Å². The van der Waals surface area contributed by atoms with E-state index in [9.17, 15) is 4.79 Å². The number of hydrogen-bond acceptors (Lipinski definition) is 5. The normalized spacial score (nSPS) is 15.0. The smallest absolute Gasteiger partial charge is 0.233 e. The summed E-state index contributed by atoms with van der Waals surface area (Å²) in [4.78, 5) is 18.4. The van der Waals surface area contributed by atoms with E-state index in [1.807, 2.05) is 19.1 Å². The van der Waals surface area contributed by atoms with Gasteiger partial charge in [0.1, 0.15) is 17.3 Å². The summed E-state index contributed by atoms with van der Waals surface area (Å²) in [5.74, 6) is 3.80. The van der Waals surface area contributed by atoms with Crippen LogP contribution in [0.5, 0.6) is 0 Å². The molecular formula is C18H26N4O2S. The predicted molar refractivity (Wildman–Crippen MR) is 97.3 cm³/mol. The standard InChI is InChI=1S/C18H26N4O2S/c1-13-7-9-15(24-13)11-22(2)17(23)12-25-18-19-16(20-21-18)10-8-14-5-3-4-6-14/h7,9,14H,3-6,8,10-12H2,1-2H3,(H,19,20,21). The molecule has 7 heteroatoms. The van der Waals surface area contributed by atoms with Gasteiger partial charge in [0.25, 0.3) is 0 Å². The van der Waals surface area contributed by atoms with Crippen LogP contribution >= 0.6 is 11.8 Å². The van der Waals surface area contributed by atoms with Crippen molar-refractivity contribution in [3.63, 3.8) is 0 Å². The number of carbonyl (C=O) groups is 1. The highest BCUT2D eigenvalue weighted by Gasteiger charge is 2.16. The molecule has 6 nitrogen and oxygen atoms in total. The van der Waals surface area contributed by atoms with E-state index in [4.69, 9.17) is 4.42 Å². The average molecular weight is 362 g/mol. The van der Waals surface area contributed by atoms with E-state index in [0.717, 1.165) is 29.7 Å². The van der Waals surface area contributed by atoms with Gasteiger partial charge in [-0.05, 0) is 31.4 Å². The molecule has 1 amide bonds. The zero-order valence-electron chi connectivity index (χ0n) is 15.0. The maximum Gasteiger partial charge on any atom is 0.233 e. The third kappa shape index (κ3) is 5.36. The summed E-state index contributed by atoms with van der Waals surface area (Å²) < 4.78 is 5.51. The predicted octanol–water partition coefficient (Wildman–Crippen LogP) is 3.58. The lowest BCUT2D eigenvalue weighted by Crippen LogP contribution is -2.27. The number of aromatic amines is 1. The molecule has 25 heavy (non-hydrogen) atoms. The highest BCUT2D eigenvalue weighted by molar-refractivity contribution is 7.99. The second-order valence-electron chi connectivity index (χ2n) is 6.80. The van der Waals surface area contributed by atoms with Gasteiger partial charge in [-0.1, -0.05) is 37.4 Å². The molecule has 0 saturated heterocycles. The molecule has 0 unspecified atom stereocenters. The van der Waals surface area contributed by atoms with Gasteiger partial charge in [-0.3, -0.25) is 9.89 Å². The third-order valence-electron chi connectivity index (χ3n) is 4.71. The fraction of sp³-hybridized carbons (Fsp3) is 0.611. The van der Waals surface area contributed by atoms with Crippen LogP contribution in [0.3, 0.4) is 0 Å². The van der Waals surface area contributed by atoms with Gasteiger partial charge in [-0.2, -0.15) is 0 Å². The highest BCUT2D eigenvalue weighted by Crippen LogP contribution is 2.28. The molecule has 0 aromatic carbocycles. The molecule has 0 atom stereocenters. The number of rotatable bonds is 8. The monoisotopic (exact) mass is 362 g/mol. The minimum absolute atomic E-state index is 0.0383. The van der Waals surface area contributed by atoms with Crippen molar-refractivity contribution < 1.29 is 9.21 Å². The zero-order chi connectivity index (χ0) is 17.6. The van der Waals surface area contributed by atoms with Crippen molar-refractivity contribution in [2.45, 2.75) is 57.1 Å². The molecular weight excluding hydrogens is 336 g/mol. The van der Waals surface area contributed by atoms with E-state index in [-0.39, 0.29) is 5.91 Å². The highest BCUT2D eigenvalue weighted by atomic mass is 32.2. The van der Waals surface area contributed by atoms with E-state index in [2.05, 4.69) is 15.2 Å². The summed E-state index contributed by atoms with van der Waals surface area (Å²) in [5, 5.41) is 7.87. The van der Waals surface area contributed by atoms with Crippen molar-refractivity contribution in [1.82, 2.24) is 20.1 Å². The number of hydrogen-bond donors (Lipinski definition) is 1. The van der Waals surface area contributed by atoms with E-state index >= 15 is 0 Å². The first-order valence-corrected chi connectivity index (χ1v) is 9.92. The van der Waals surface area contributed by atoms with Crippen LogP contribution in [0.25, 0.3) is 0 Å². The van der Waals surface area contributed by atoms with Gasteiger partial charge in [0, 0.05) is 13.5 Å². The summed E-state index contributed by atoms with van der Waals surface area (Å²) in [7, 11) is 1.78. The van der Waals surface area contributed by atoms with Gasteiger partial charge >= 0.3 is 0 Å². The van der Waals surface area contributed by atoms with Crippen LogP contribution in [-0.2, 0) is 17.8 Å². The van der Waals surface area contributed by atoms with Gasteiger partial charge in [-0.25, -0.2) is 4.98 Å². The van der Waals surface area contributed by atoms with Gasteiger partial charge in [0.05, 0.1) is 12.3 Å². The number of aryl methyl sites for hydroxylation is 2.